The van der Waals surface area contributed by atoms with Gasteiger partial charge in [-0.05, 0) is 108 Å². The largest absolute Gasteiger partial charge is 0.0619 e. The number of fused-ring (bicyclic) bond motifs is 4. The van der Waals surface area contributed by atoms with E-state index in [1.165, 1.54) is 72.3 Å². The molecule has 0 bridgehead atoms. The van der Waals surface area contributed by atoms with Gasteiger partial charge in [0.1, 0.15) is 0 Å². The van der Waals surface area contributed by atoms with Gasteiger partial charge in [0, 0.05) is 11.8 Å². The van der Waals surface area contributed by atoms with Crippen LogP contribution in [0.5, 0.6) is 0 Å². The van der Waals surface area contributed by atoms with Crippen molar-refractivity contribution in [1.82, 2.24) is 0 Å². The standard InChI is InChI=1S/C34H32/c1-19-15-21(3)29(22(4)16-19)32-27-13-9-7-11-25(27)31-26-12-8-10-14-28(26)33(34(31)32)30-23(5)17-20(2)18-24(30)6/h7-18,32-33H,1-6H3/t32-,33-/m1/s1. The van der Waals surface area contributed by atoms with Gasteiger partial charge in [-0.15, -0.1) is 0 Å². The molecule has 2 aliphatic rings. The van der Waals surface area contributed by atoms with Crippen LogP contribution in [0.1, 0.15) is 78.6 Å². The molecule has 0 heteroatoms. The zero-order chi connectivity index (χ0) is 23.7. The molecule has 0 unspecified atom stereocenters. The molecule has 0 saturated carbocycles. The fourth-order valence-electron chi connectivity index (χ4n) is 7.11. The first kappa shape index (κ1) is 21.2. The van der Waals surface area contributed by atoms with Crippen molar-refractivity contribution >= 4 is 5.57 Å². The summed E-state index contributed by atoms with van der Waals surface area (Å²) in [6, 6.07) is 27.7. The van der Waals surface area contributed by atoms with E-state index in [0.29, 0.717) is 0 Å². The number of hydrogen-bond donors (Lipinski definition) is 0. The summed E-state index contributed by atoms with van der Waals surface area (Å²) in [4.78, 5) is 0. The summed E-state index contributed by atoms with van der Waals surface area (Å²) in [5.41, 5.74) is 20.1. The molecule has 0 aliphatic heterocycles. The molecule has 4 aromatic carbocycles. The van der Waals surface area contributed by atoms with E-state index in [4.69, 9.17) is 0 Å². The van der Waals surface area contributed by atoms with Crippen LogP contribution in [0.3, 0.4) is 0 Å². The van der Waals surface area contributed by atoms with Crippen molar-refractivity contribution < 1.29 is 0 Å². The minimum Gasteiger partial charge on any atom is -0.0619 e. The predicted octanol–water partition coefficient (Wildman–Crippen LogP) is 8.63. The number of benzene rings is 4. The molecule has 4 aromatic rings. The summed E-state index contributed by atoms with van der Waals surface area (Å²) in [5.74, 6) is 0.564. The van der Waals surface area contributed by atoms with Crippen LogP contribution in [-0.4, -0.2) is 0 Å². The first-order valence-electron chi connectivity index (χ1n) is 12.4. The van der Waals surface area contributed by atoms with Crippen LogP contribution in [0.15, 0.2) is 78.4 Å². The van der Waals surface area contributed by atoms with Gasteiger partial charge in [0.25, 0.3) is 0 Å². The zero-order valence-corrected chi connectivity index (χ0v) is 21.1. The van der Waals surface area contributed by atoms with Crippen LogP contribution >= 0.6 is 0 Å². The minimum absolute atomic E-state index is 0.282. The van der Waals surface area contributed by atoms with Crippen molar-refractivity contribution in [1.29, 1.82) is 0 Å². The lowest BCUT2D eigenvalue weighted by atomic mass is 9.74. The van der Waals surface area contributed by atoms with E-state index in [0.717, 1.165) is 0 Å². The van der Waals surface area contributed by atoms with Crippen molar-refractivity contribution in [2.75, 3.05) is 0 Å². The van der Waals surface area contributed by atoms with Crippen molar-refractivity contribution in [3.05, 3.63) is 145 Å². The van der Waals surface area contributed by atoms with E-state index in [1.54, 1.807) is 5.57 Å². The fourth-order valence-corrected chi connectivity index (χ4v) is 7.11. The summed E-state index contributed by atoms with van der Waals surface area (Å²) in [6.07, 6.45) is 0. The lowest BCUT2D eigenvalue weighted by molar-refractivity contribution is 0.828. The van der Waals surface area contributed by atoms with Crippen LogP contribution in [-0.2, 0) is 0 Å². The van der Waals surface area contributed by atoms with E-state index in [9.17, 15) is 0 Å². The van der Waals surface area contributed by atoms with Crippen molar-refractivity contribution in [2.45, 2.75) is 53.4 Å². The Kier molecular flexibility index (Phi) is 4.71. The third kappa shape index (κ3) is 2.91. The van der Waals surface area contributed by atoms with Crippen molar-refractivity contribution in [3.8, 4) is 0 Å². The molecule has 2 aliphatic carbocycles. The first-order chi connectivity index (χ1) is 16.4. The van der Waals surface area contributed by atoms with Gasteiger partial charge in [0.05, 0.1) is 0 Å². The monoisotopic (exact) mass is 440 g/mol. The second-order valence-corrected chi connectivity index (χ2v) is 10.5. The Hall–Kier alpha value is -3.38. The molecule has 0 saturated heterocycles. The highest BCUT2D eigenvalue weighted by molar-refractivity contribution is 5.96. The Bertz CT molecular complexity index is 1350. The average molecular weight is 441 g/mol. The highest BCUT2D eigenvalue weighted by Gasteiger charge is 2.44. The van der Waals surface area contributed by atoms with Crippen molar-refractivity contribution in [3.63, 3.8) is 0 Å². The van der Waals surface area contributed by atoms with E-state index in [-0.39, 0.29) is 11.8 Å². The lowest BCUT2D eigenvalue weighted by Crippen LogP contribution is -2.14. The molecule has 0 nitrogen and oxygen atoms in total. The summed E-state index contributed by atoms with van der Waals surface area (Å²) in [7, 11) is 0. The second kappa shape index (κ2) is 7.57. The number of hydrogen-bond acceptors (Lipinski definition) is 0. The number of aryl methyl sites for hydroxylation is 6. The van der Waals surface area contributed by atoms with Crippen LogP contribution in [0.4, 0.5) is 0 Å². The average Bonchev–Trinajstić information content (AvgIpc) is 3.27. The van der Waals surface area contributed by atoms with E-state index in [1.807, 2.05) is 0 Å². The molecular formula is C34H32. The molecule has 2 atom stereocenters. The predicted molar refractivity (Wildman–Crippen MR) is 144 cm³/mol. The van der Waals surface area contributed by atoms with Gasteiger partial charge in [-0.3, -0.25) is 0 Å². The number of rotatable bonds is 2. The molecule has 168 valence electrons. The smallest absolute Gasteiger partial charge is 0.0329 e. The van der Waals surface area contributed by atoms with E-state index in [2.05, 4.69) is 114 Å². The van der Waals surface area contributed by atoms with Crippen LogP contribution in [0.25, 0.3) is 5.57 Å². The van der Waals surface area contributed by atoms with Gasteiger partial charge < -0.3 is 0 Å². The molecule has 0 fully saturated rings. The molecule has 6 rings (SSSR count). The van der Waals surface area contributed by atoms with Gasteiger partial charge in [-0.25, -0.2) is 0 Å². The van der Waals surface area contributed by atoms with Crippen molar-refractivity contribution in [2.24, 2.45) is 0 Å². The number of allylic oxidation sites excluding steroid dienone is 1. The van der Waals surface area contributed by atoms with Gasteiger partial charge in [0.2, 0.25) is 0 Å². The SMILES string of the molecule is Cc1cc(C)c([C@@H]2C3=C(c4ccccc42)c2ccccc2[C@@H]3c2c(C)cc(C)cc2C)c(C)c1. The molecular weight excluding hydrogens is 408 g/mol. The van der Waals surface area contributed by atoms with Gasteiger partial charge >= 0.3 is 0 Å². The zero-order valence-electron chi connectivity index (χ0n) is 21.1. The molecule has 0 radical (unpaired) electrons. The van der Waals surface area contributed by atoms with Crippen LogP contribution in [0.2, 0.25) is 0 Å². The second-order valence-electron chi connectivity index (χ2n) is 10.5. The Labute approximate surface area is 204 Å². The molecule has 34 heavy (non-hydrogen) atoms. The normalized spacial score (nSPS) is 18.2. The summed E-state index contributed by atoms with van der Waals surface area (Å²) in [5, 5.41) is 0. The summed E-state index contributed by atoms with van der Waals surface area (Å²) >= 11 is 0. The van der Waals surface area contributed by atoms with Crippen LogP contribution in [0, 0.1) is 41.5 Å². The first-order valence-corrected chi connectivity index (χ1v) is 12.4. The third-order valence-electron chi connectivity index (χ3n) is 8.05. The molecule has 0 aromatic heterocycles. The van der Waals surface area contributed by atoms with E-state index < -0.39 is 0 Å². The lowest BCUT2D eigenvalue weighted by Gasteiger charge is -2.29. The Morgan fingerprint density at radius 3 is 1.21 bits per heavy atom. The summed E-state index contributed by atoms with van der Waals surface area (Å²) in [6.45, 7) is 13.6. The molecule has 0 heterocycles. The molecule has 0 spiro atoms. The van der Waals surface area contributed by atoms with Gasteiger partial charge in [0.15, 0.2) is 0 Å². The maximum absolute atomic E-state index is 2.37. The minimum atomic E-state index is 0.282. The Morgan fingerprint density at radius 1 is 0.471 bits per heavy atom. The van der Waals surface area contributed by atoms with Gasteiger partial charge in [-0.2, -0.15) is 0 Å². The Balaban J connectivity index is 1.72. The highest BCUT2D eigenvalue weighted by Crippen LogP contribution is 2.61. The van der Waals surface area contributed by atoms with Gasteiger partial charge in [-0.1, -0.05) is 83.9 Å². The Morgan fingerprint density at radius 2 is 0.824 bits per heavy atom. The highest BCUT2D eigenvalue weighted by atomic mass is 14.5. The third-order valence-corrected chi connectivity index (χ3v) is 8.05. The molecule has 0 amide bonds. The van der Waals surface area contributed by atoms with E-state index >= 15 is 0 Å². The fraction of sp³-hybridized carbons (Fsp3) is 0.235. The van der Waals surface area contributed by atoms with Crippen LogP contribution < -0.4 is 0 Å². The molecule has 0 N–H and O–H groups in total. The quantitative estimate of drug-likeness (QED) is 0.293. The summed E-state index contributed by atoms with van der Waals surface area (Å²) < 4.78 is 0. The topological polar surface area (TPSA) is 0 Å². The maximum Gasteiger partial charge on any atom is 0.0329 e. The maximum atomic E-state index is 2.37.